The minimum atomic E-state index is 0.635. The highest BCUT2D eigenvalue weighted by atomic mass is 15.5. The van der Waals surface area contributed by atoms with E-state index in [1.54, 1.807) is 6.20 Å². The molecule has 1 saturated carbocycles. The Hall–Kier alpha value is -3.42. The van der Waals surface area contributed by atoms with Crippen molar-refractivity contribution in [3.05, 3.63) is 59.9 Å². The number of pyridine rings is 1. The molecule has 0 atom stereocenters. The second-order valence-corrected chi connectivity index (χ2v) is 9.62. The van der Waals surface area contributed by atoms with E-state index in [-0.39, 0.29) is 0 Å². The minimum absolute atomic E-state index is 0.635. The van der Waals surface area contributed by atoms with E-state index < -0.39 is 0 Å². The summed E-state index contributed by atoms with van der Waals surface area (Å²) >= 11 is 0. The number of unbranched alkanes of at least 4 members (excludes halogenated alkanes) is 1. The number of nitrogens with one attached hydrogen (secondary N) is 1. The molecule has 1 N–H and O–H groups in total. The minimum Gasteiger partial charge on any atom is -0.264 e. The lowest BCUT2D eigenvalue weighted by molar-refractivity contribution is 0.337. The summed E-state index contributed by atoms with van der Waals surface area (Å²) in [6, 6.07) is 10.5. The van der Waals surface area contributed by atoms with Crippen molar-refractivity contribution in [2.24, 2.45) is 5.92 Å². The number of tetrazole rings is 1. The maximum atomic E-state index is 4.95. The Balaban J connectivity index is 1.31. The summed E-state index contributed by atoms with van der Waals surface area (Å²) in [6.45, 7) is 2.96. The van der Waals surface area contributed by atoms with Gasteiger partial charge in [-0.15, -0.1) is 5.10 Å². The number of H-pyrrole nitrogens is 1. The molecule has 1 aliphatic rings. The molecule has 0 aliphatic heterocycles. The maximum absolute atomic E-state index is 4.95. The van der Waals surface area contributed by atoms with Crippen molar-refractivity contribution in [1.29, 1.82) is 0 Å². The van der Waals surface area contributed by atoms with Crippen molar-refractivity contribution in [1.82, 2.24) is 40.4 Å². The molecule has 4 aromatic rings. The topological polar surface area (TPSA) is 98.1 Å². The van der Waals surface area contributed by atoms with E-state index in [1.165, 1.54) is 44.1 Å². The highest BCUT2D eigenvalue weighted by molar-refractivity contribution is 5.79. The average molecular weight is 471 g/mol. The Morgan fingerprint density at radius 3 is 2.63 bits per heavy atom. The number of hydrogen-bond donors (Lipinski definition) is 1. The molecule has 0 radical (unpaired) electrons. The molecule has 0 saturated heterocycles. The molecule has 3 aromatic heterocycles. The molecule has 5 rings (SSSR count). The van der Waals surface area contributed by atoms with Gasteiger partial charge in [-0.2, -0.15) is 5.10 Å². The molecule has 35 heavy (non-hydrogen) atoms. The standard InChI is InChI=1S/C27H34N8/c1-2-3-9-26-29-25(15-12-20-7-5-4-6-8-20)32-35(26)19-21-10-13-22(14-11-21)24-18-28-17-16-23(24)27-30-33-34-31-27/h10-11,13-14,16-18,20H,2-9,12,15,19H2,1H3,(H,30,31,33,34). The molecule has 8 heteroatoms. The number of aryl methyl sites for hydroxylation is 2. The predicted molar refractivity (Wildman–Crippen MR) is 135 cm³/mol. The van der Waals surface area contributed by atoms with Gasteiger partial charge in [-0.1, -0.05) is 69.7 Å². The van der Waals surface area contributed by atoms with Crippen molar-refractivity contribution in [2.75, 3.05) is 0 Å². The fourth-order valence-electron chi connectivity index (χ4n) is 5.05. The van der Waals surface area contributed by atoms with Crippen LogP contribution >= 0.6 is 0 Å². The maximum Gasteiger partial charge on any atom is 0.180 e. The van der Waals surface area contributed by atoms with Gasteiger partial charge in [0.1, 0.15) is 5.82 Å². The van der Waals surface area contributed by atoms with Crippen LogP contribution in [0.5, 0.6) is 0 Å². The quantitative estimate of drug-likeness (QED) is 0.332. The smallest absolute Gasteiger partial charge is 0.180 e. The van der Waals surface area contributed by atoms with Gasteiger partial charge in [0, 0.05) is 36.4 Å². The fraction of sp³-hybridized carbons (Fsp3) is 0.481. The van der Waals surface area contributed by atoms with Gasteiger partial charge >= 0.3 is 0 Å². The Morgan fingerprint density at radius 1 is 1.00 bits per heavy atom. The van der Waals surface area contributed by atoms with Crippen LogP contribution in [0.4, 0.5) is 0 Å². The van der Waals surface area contributed by atoms with E-state index in [2.05, 4.69) is 61.5 Å². The van der Waals surface area contributed by atoms with E-state index in [9.17, 15) is 0 Å². The van der Waals surface area contributed by atoms with Crippen LogP contribution in [0.25, 0.3) is 22.5 Å². The number of nitrogens with zero attached hydrogens (tertiary/aromatic N) is 7. The van der Waals surface area contributed by atoms with Crippen LogP contribution in [0.3, 0.4) is 0 Å². The molecule has 0 unspecified atom stereocenters. The van der Waals surface area contributed by atoms with Crippen LogP contribution in [0.2, 0.25) is 0 Å². The lowest BCUT2D eigenvalue weighted by Crippen LogP contribution is -2.08. The fourth-order valence-corrected chi connectivity index (χ4v) is 5.05. The largest absolute Gasteiger partial charge is 0.264 e. The second kappa shape index (κ2) is 11.3. The van der Waals surface area contributed by atoms with Gasteiger partial charge in [-0.3, -0.25) is 4.98 Å². The van der Waals surface area contributed by atoms with Gasteiger partial charge in [-0.05, 0) is 46.4 Å². The highest BCUT2D eigenvalue weighted by Crippen LogP contribution is 2.29. The molecule has 0 bridgehead atoms. The summed E-state index contributed by atoms with van der Waals surface area (Å²) in [5, 5.41) is 19.3. The first-order valence-corrected chi connectivity index (χ1v) is 13.0. The van der Waals surface area contributed by atoms with Crippen LogP contribution in [0.15, 0.2) is 42.7 Å². The molecule has 1 fully saturated rings. The Labute approximate surface area is 206 Å². The zero-order valence-electron chi connectivity index (χ0n) is 20.5. The number of aromatic nitrogens is 8. The number of aromatic amines is 1. The number of benzene rings is 1. The third-order valence-electron chi connectivity index (χ3n) is 7.07. The summed E-state index contributed by atoms with van der Waals surface area (Å²) in [7, 11) is 0. The summed E-state index contributed by atoms with van der Waals surface area (Å²) < 4.78 is 2.12. The van der Waals surface area contributed by atoms with E-state index in [0.717, 1.165) is 66.5 Å². The predicted octanol–water partition coefficient (Wildman–Crippen LogP) is 5.42. The van der Waals surface area contributed by atoms with Crippen molar-refractivity contribution in [3.8, 4) is 22.5 Å². The lowest BCUT2D eigenvalue weighted by atomic mass is 9.86. The van der Waals surface area contributed by atoms with Crippen molar-refractivity contribution >= 4 is 0 Å². The van der Waals surface area contributed by atoms with Crippen molar-refractivity contribution in [3.63, 3.8) is 0 Å². The lowest BCUT2D eigenvalue weighted by Gasteiger charge is -2.20. The van der Waals surface area contributed by atoms with E-state index >= 15 is 0 Å². The first-order chi connectivity index (χ1) is 17.3. The van der Waals surface area contributed by atoms with Crippen molar-refractivity contribution in [2.45, 2.75) is 77.7 Å². The molecule has 1 aliphatic carbocycles. The molecule has 1 aromatic carbocycles. The van der Waals surface area contributed by atoms with Crippen LogP contribution in [-0.2, 0) is 19.4 Å². The highest BCUT2D eigenvalue weighted by Gasteiger charge is 2.16. The average Bonchev–Trinajstić information content (AvgIpc) is 3.58. The zero-order chi connectivity index (χ0) is 23.9. The Bertz CT molecular complexity index is 1190. The molecule has 8 nitrogen and oxygen atoms in total. The van der Waals surface area contributed by atoms with Crippen LogP contribution < -0.4 is 0 Å². The normalized spacial score (nSPS) is 14.4. The van der Waals surface area contributed by atoms with Gasteiger partial charge in [0.15, 0.2) is 11.6 Å². The summed E-state index contributed by atoms with van der Waals surface area (Å²) in [6.07, 6.45) is 16.0. The number of hydrogen-bond acceptors (Lipinski definition) is 6. The molecular weight excluding hydrogens is 436 g/mol. The Kier molecular flexibility index (Phi) is 7.56. The Morgan fingerprint density at radius 2 is 1.86 bits per heavy atom. The molecule has 3 heterocycles. The van der Waals surface area contributed by atoms with Crippen LogP contribution in [0.1, 0.15) is 75.5 Å². The number of rotatable bonds is 10. The molecule has 0 spiro atoms. The zero-order valence-corrected chi connectivity index (χ0v) is 20.5. The van der Waals surface area contributed by atoms with Gasteiger partial charge in [0.05, 0.1) is 6.54 Å². The monoisotopic (exact) mass is 470 g/mol. The first-order valence-electron chi connectivity index (χ1n) is 13.0. The van der Waals surface area contributed by atoms with Gasteiger partial charge in [0.2, 0.25) is 0 Å². The summed E-state index contributed by atoms with van der Waals surface area (Å²) in [5.41, 5.74) is 4.21. The molecular formula is C27H34N8. The van der Waals surface area contributed by atoms with Gasteiger partial charge in [0.25, 0.3) is 0 Å². The summed E-state index contributed by atoms with van der Waals surface area (Å²) in [4.78, 5) is 9.27. The summed E-state index contributed by atoms with van der Waals surface area (Å²) in [5.74, 6) is 3.61. The molecule has 182 valence electrons. The van der Waals surface area contributed by atoms with E-state index in [4.69, 9.17) is 10.1 Å². The van der Waals surface area contributed by atoms with Crippen molar-refractivity contribution < 1.29 is 0 Å². The third-order valence-corrected chi connectivity index (χ3v) is 7.07. The SMILES string of the molecule is CCCCc1nc(CCC2CCCCC2)nn1Cc1ccc(-c2cnccc2-c2nnn[nH]2)cc1. The van der Waals surface area contributed by atoms with Gasteiger partial charge < -0.3 is 0 Å². The first kappa shape index (κ1) is 23.3. The van der Waals surface area contributed by atoms with Crippen LogP contribution in [-0.4, -0.2) is 40.4 Å². The van der Waals surface area contributed by atoms with Crippen LogP contribution in [0, 0.1) is 5.92 Å². The molecule has 0 amide bonds. The second-order valence-electron chi connectivity index (χ2n) is 9.62. The van der Waals surface area contributed by atoms with Gasteiger partial charge in [-0.25, -0.2) is 14.8 Å². The third kappa shape index (κ3) is 5.81. The van der Waals surface area contributed by atoms with E-state index in [0.29, 0.717) is 5.82 Å². The van der Waals surface area contributed by atoms with E-state index in [1.807, 2.05) is 12.3 Å².